The zero-order valence-corrected chi connectivity index (χ0v) is 14.0. The summed E-state index contributed by atoms with van der Waals surface area (Å²) in [5.74, 6) is 0.125. The molecule has 5 heteroatoms. The second-order valence-electron chi connectivity index (χ2n) is 5.91. The number of carbonyl (C=O) groups is 1. The van der Waals surface area contributed by atoms with Crippen LogP contribution >= 0.6 is 15.9 Å². The Hall–Kier alpha value is -1.62. The quantitative estimate of drug-likeness (QED) is 0.872. The fraction of sp³-hybridized carbons (Fsp3) is 0.412. The molecule has 0 unspecified atom stereocenters. The SMILES string of the molecule is O=C(NCc1cnc[nH]1)C1(c2cccc(Br)c2)CCCCC1. The Labute approximate surface area is 138 Å². The van der Waals surface area contributed by atoms with Gasteiger partial charge in [0.25, 0.3) is 0 Å². The molecule has 1 aliphatic carbocycles. The highest BCUT2D eigenvalue weighted by Crippen LogP contribution is 2.40. The highest BCUT2D eigenvalue weighted by Gasteiger charge is 2.40. The molecule has 1 fully saturated rings. The maximum Gasteiger partial charge on any atom is 0.230 e. The van der Waals surface area contributed by atoms with Crippen LogP contribution in [0, 0.1) is 0 Å². The van der Waals surface area contributed by atoms with Gasteiger partial charge in [-0.3, -0.25) is 4.79 Å². The second-order valence-corrected chi connectivity index (χ2v) is 6.83. The molecule has 22 heavy (non-hydrogen) atoms. The van der Waals surface area contributed by atoms with Gasteiger partial charge >= 0.3 is 0 Å². The molecule has 1 aromatic heterocycles. The van der Waals surface area contributed by atoms with E-state index in [1.165, 1.54) is 6.42 Å². The lowest BCUT2D eigenvalue weighted by molar-refractivity contribution is -0.128. The summed E-state index contributed by atoms with van der Waals surface area (Å²) in [6, 6.07) is 8.17. The van der Waals surface area contributed by atoms with Crippen molar-refractivity contribution in [1.82, 2.24) is 15.3 Å². The first-order chi connectivity index (χ1) is 10.7. The summed E-state index contributed by atoms with van der Waals surface area (Å²) in [5.41, 5.74) is 1.64. The molecule has 1 amide bonds. The largest absolute Gasteiger partial charge is 0.350 e. The number of benzene rings is 1. The van der Waals surface area contributed by atoms with Gasteiger partial charge in [0.2, 0.25) is 5.91 Å². The minimum absolute atomic E-state index is 0.125. The lowest BCUT2D eigenvalue weighted by Gasteiger charge is -2.36. The van der Waals surface area contributed by atoms with E-state index in [2.05, 4.69) is 43.3 Å². The molecule has 4 nitrogen and oxygen atoms in total. The third kappa shape index (κ3) is 3.09. The minimum atomic E-state index is -0.401. The summed E-state index contributed by atoms with van der Waals surface area (Å²) in [6.07, 6.45) is 8.62. The molecule has 0 aliphatic heterocycles. The highest BCUT2D eigenvalue weighted by atomic mass is 79.9. The molecular weight excluding hydrogens is 342 g/mol. The number of H-pyrrole nitrogens is 1. The van der Waals surface area contributed by atoms with E-state index in [9.17, 15) is 4.79 Å². The first-order valence-corrected chi connectivity index (χ1v) is 8.52. The van der Waals surface area contributed by atoms with Crippen molar-refractivity contribution in [3.05, 3.63) is 52.5 Å². The molecule has 1 aromatic carbocycles. The second kappa shape index (κ2) is 6.65. The molecule has 1 saturated carbocycles. The number of carbonyl (C=O) groups excluding carboxylic acids is 1. The zero-order chi connectivity index (χ0) is 15.4. The van der Waals surface area contributed by atoms with E-state index in [1.54, 1.807) is 12.5 Å². The molecule has 0 spiro atoms. The van der Waals surface area contributed by atoms with E-state index in [0.29, 0.717) is 6.54 Å². The molecule has 1 heterocycles. The number of imidazole rings is 1. The topological polar surface area (TPSA) is 57.8 Å². The van der Waals surface area contributed by atoms with Gasteiger partial charge in [0.1, 0.15) is 0 Å². The Kier molecular flexibility index (Phi) is 4.62. The summed E-state index contributed by atoms with van der Waals surface area (Å²) >= 11 is 3.53. The highest BCUT2D eigenvalue weighted by molar-refractivity contribution is 9.10. The first-order valence-electron chi connectivity index (χ1n) is 7.72. The molecule has 2 N–H and O–H groups in total. The molecule has 0 atom stereocenters. The maximum atomic E-state index is 13.0. The number of aromatic nitrogens is 2. The van der Waals surface area contributed by atoms with Gasteiger partial charge in [-0.2, -0.15) is 0 Å². The van der Waals surface area contributed by atoms with E-state index in [0.717, 1.165) is 41.4 Å². The fourth-order valence-electron chi connectivity index (χ4n) is 3.31. The average molecular weight is 362 g/mol. The molecule has 0 radical (unpaired) electrons. The summed E-state index contributed by atoms with van der Waals surface area (Å²) < 4.78 is 1.02. The third-order valence-corrected chi connectivity index (χ3v) is 5.01. The average Bonchev–Trinajstić information content (AvgIpc) is 3.06. The molecular formula is C17H20BrN3O. The van der Waals surface area contributed by atoms with Gasteiger partial charge in [-0.05, 0) is 30.5 Å². The van der Waals surface area contributed by atoms with Crippen molar-refractivity contribution < 1.29 is 4.79 Å². The van der Waals surface area contributed by atoms with Crippen molar-refractivity contribution in [1.29, 1.82) is 0 Å². The van der Waals surface area contributed by atoms with Crippen LogP contribution < -0.4 is 5.32 Å². The van der Waals surface area contributed by atoms with Crippen molar-refractivity contribution >= 4 is 21.8 Å². The standard InChI is InChI=1S/C17H20BrN3O/c18-14-6-4-5-13(9-14)17(7-2-1-3-8-17)16(22)20-11-15-10-19-12-21-15/h4-6,9-10,12H,1-3,7-8,11H2,(H,19,21)(H,20,22). The predicted molar refractivity (Wildman–Crippen MR) is 89.3 cm³/mol. The van der Waals surface area contributed by atoms with Gasteiger partial charge in [0.15, 0.2) is 0 Å². The lowest BCUT2D eigenvalue weighted by atomic mass is 9.68. The van der Waals surface area contributed by atoms with E-state index >= 15 is 0 Å². The van der Waals surface area contributed by atoms with E-state index in [1.807, 2.05) is 12.1 Å². The van der Waals surface area contributed by atoms with Gasteiger partial charge in [-0.15, -0.1) is 0 Å². The molecule has 0 bridgehead atoms. The summed E-state index contributed by atoms with van der Waals surface area (Å²) in [6.45, 7) is 0.495. The summed E-state index contributed by atoms with van der Waals surface area (Å²) in [5, 5.41) is 3.09. The number of halogens is 1. The lowest BCUT2D eigenvalue weighted by Crippen LogP contribution is -2.45. The molecule has 2 aromatic rings. The fourth-order valence-corrected chi connectivity index (χ4v) is 3.71. The van der Waals surface area contributed by atoms with Crippen LogP contribution in [-0.2, 0) is 16.8 Å². The number of hydrogen-bond acceptors (Lipinski definition) is 2. The van der Waals surface area contributed by atoms with Crippen LogP contribution in [0.15, 0.2) is 41.3 Å². The number of rotatable bonds is 4. The van der Waals surface area contributed by atoms with Gasteiger partial charge in [-0.1, -0.05) is 47.3 Å². The normalized spacial score (nSPS) is 17.1. The maximum absolute atomic E-state index is 13.0. The molecule has 3 rings (SSSR count). The third-order valence-electron chi connectivity index (χ3n) is 4.51. The molecule has 0 saturated heterocycles. The van der Waals surface area contributed by atoms with Gasteiger partial charge < -0.3 is 10.3 Å². The number of aromatic amines is 1. The van der Waals surface area contributed by atoms with Crippen molar-refractivity contribution in [3.63, 3.8) is 0 Å². The van der Waals surface area contributed by atoms with E-state index < -0.39 is 5.41 Å². The van der Waals surface area contributed by atoms with Gasteiger partial charge in [0.05, 0.1) is 24.0 Å². The Morgan fingerprint density at radius 3 is 2.82 bits per heavy atom. The van der Waals surface area contributed by atoms with Crippen LogP contribution in [-0.4, -0.2) is 15.9 Å². The Balaban J connectivity index is 1.83. The number of amides is 1. The minimum Gasteiger partial charge on any atom is -0.350 e. The van der Waals surface area contributed by atoms with Crippen LogP contribution in [0.3, 0.4) is 0 Å². The van der Waals surface area contributed by atoms with Crippen molar-refractivity contribution in [2.75, 3.05) is 0 Å². The number of nitrogens with one attached hydrogen (secondary N) is 2. The Morgan fingerprint density at radius 1 is 1.32 bits per heavy atom. The summed E-state index contributed by atoms with van der Waals surface area (Å²) in [4.78, 5) is 20.0. The van der Waals surface area contributed by atoms with Gasteiger partial charge in [0, 0.05) is 10.7 Å². The smallest absolute Gasteiger partial charge is 0.230 e. The molecule has 116 valence electrons. The predicted octanol–water partition coefficient (Wildman–Crippen LogP) is 3.69. The monoisotopic (exact) mass is 361 g/mol. The number of nitrogens with zero attached hydrogens (tertiary/aromatic N) is 1. The van der Waals surface area contributed by atoms with Crippen LogP contribution in [0.25, 0.3) is 0 Å². The first kappa shape index (κ1) is 15.3. The van der Waals surface area contributed by atoms with Crippen LogP contribution in [0.4, 0.5) is 0 Å². The van der Waals surface area contributed by atoms with E-state index in [4.69, 9.17) is 0 Å². The van der Waals surface area contributed by atoms with Gasteiger partial charge in [-0.25, -0.2) is 4.98 Å². The van der Waals surface area contributed by atoms with Crippen LogP contribution in [0.5, 0.6) is 0 Å². The Bertz CT molecular complexity index is 633. The van der Waals surface area contributed by atoms with Crippen molar-refractivity contribution in [3.8, 4) is 0 Å². The van der Waals surface area contributed by atoms with Crippen LogP contribution in [0.1, 0.15) is 43.4 Å². The molecule has 1 aliphatic rings. The summed E-state index contributed by atoms with van der Waals surface area (Å²) in [7, 11) is 0. The zero-order valence-electron chi connectivity index (χ0n) is 12.4. The number of hydrogen-bond donors (Lipinski definition) is 2. The van der Waals surface area contributed by atoms with Crippen molar-refractivity contribution in [2.24, 2.45) is 0 Å². The van der Waals surface area contributed by atoms with E-state index in [-0.39, 0.29) is 5.91 Å². The Morgan fingerprint density at radius 2 is 2.14 bits per heavy atom. The van der Waals surface area contributed by atoms with Crippen LogP contribution in [0.2, 0.25) is 0 Å². The van der Waals surface area contributed by atoms with Crippen molar-refractivity contribution in [2.45, 2.75) is 44.1 Å².